The molecule has 0 aromatic carbocycles. The standard InChI is InChI=1S/C4H7NO2.H2/c5-4(7)2-1-3-6;/h3H,1-2H2,(H2,5,7);1H. The molecule has 0 spiro atoms. The molecule has 0 saturated heterocycles. The van der Waals surface area contributed by atoms with Crippen molar-refractivity contribution in [2.45, 2.75) is 12.8 Å². The molecule has 0 bridgehead atoms. The fourth-order valence-electron chi connectivity index (χ4n) is 0.201. The molecular weight excluding hydrogens is 94.0 g/mol. The number of carbonyl (C=O) groups is 2. The smallest absolute Gasteiger partial charge is 0.217 e. The van der Waals surface area contributed by atoms with Crippen LogP contribution in [0.3, 0.4) is 0 Å². The molecule has 7 heavy (non-hydrogen) atoms. The van der Waals surface area contributed by atoms with Crippen LogP contribution in [-0.2, 0) is 9.59 Å². The fraction of sp³-hybridized carbons (Fsp3) is 0.500. The zero-order chi connectivity index (χ0) is 5.70. The van der Waals surface area contributed by atoms with Crippen LogP contribution in [-0.4, -0.2) is 12.2 Å². The molecule has 0 heterocycles. The third kappa shape index (κ3) is 5.14. The number of aldehydes is 1. The molecule has 0 unspecified atom stereocenters. The minimum absolute atomic E-state index is 0. The molecule has 1 amide bonds. The first kappa shape index (κ1) is 6.14. The van der Waals surface area contributed by atoms with E-state index in [9.17, 15) is 9.59 Å². The maximum atomic E-state index is 9.82. The first-order chi connectivity index (χ1) is 3.27. The Hall–Kier alpha value is -0.860. The number of hydrogen-bond acceptors (Lipinski definition) is 2. The van der Waals surface area contributed by atoms with Gasteiger partial charge in [-0.2, -0.15) is 0 Å². The predicted molar refractivity (Wildman–Crippen MR) is 26.6 cm³/mol. The van der Waals surface area contributed by atoms with Gasteiger partial charge in [0.05, 0.1) is 0 Å². The topological polar surface area (TPSA) is 60.2 Å². The summed E-state index contributed by atoms with van der Waals surface area (Å²) in [6.45, 7) is 0. The van der Waals surface area contributed by atoms with Gasteiger partial charge in [-0.3, -0.25) is 4.79 Å². The van der Waals surface area contributed by atoms with Crippen molar-refractivity contribution in [3.05, 3.63) is 0 Å². The molecule has 0 rings (SSSR count). The van der Waals surface area contributed by atoms with Crippen LogP contribution in [0.1, 0.15) is 14.3 Å². The normalized spacial score (nSPS) is 8.00. The summed E-state index contributed by atoms with van der Waals surface area (Å²) < 4.78 is 0. The molecule has 3 heteroatoms. The monoisotopic (exact) mass is 103 g/mol. The average Bonchev–Trinajstić information content (AvgIpc) is 1.61. The lowest BCUT2D eigenvalue weighted by Crippen LogP contribution is -2.09. The average molecular weight is 103 g/mol. The third-order valence-electron chi connectivity index (χ3n) is 0.509. The first-order valence-corrected chi connectivity index (χ1v) is 1.99. The van der Waals surface area contributed by atoms with E-state index in [2.05, 4.69) is 5.73 Å². The molecule has 0 aromatic rings. The van der Waals surface area contributed by atoms with Crippen molar-refractivity contribution < 1.29 is 11.0 Å². The largest absolute Gasteiger partial charge is 0.370 e. The summed E-state index contributed by atoms with van der Waals surface area (Å²) in [5.41, 5.74) is 4.68. The van der Waals surface area contributed by atoms with Gasteiger partial charge in [0.2, 0.25) is 5.91 Å². The number of nitrogens with two attached hydrogens (primary N) is 1. The molecular formula is C4H9NO2. The van der Waals surface area contributed by atoms with Gasteiger partial charge in [-0.05, 0) is 0 Å². The van der Waals surface area contributed by atoms with Crippen LogP contribution in [0.2, 0.25) is 0 Å². The Morgan fingerprint density at radius 3 is 2.57 bits per heavy atom. The van der Waals surface area contributed by atoms with Crippen molar-refractivity contribution in [3.8, 4) is 0 Å². The third-order valence-corrected chi connectivity index (χ3v) is 0.509. The summed E-state index contributed by atoms with van der Waals surface area (Å²) in [6.07, 6.45) is 1.09. The van der Waals surface area contributed by atoms with Crippen LogP contribution in [0, 0.1) is 0 Å². The molecule has 42 valence electrons. The van der Waals surface area contributed by atoms with E-state index in [-0.39, 0.29) is 14.3 Å². The van der Waals surface area contributed by atoms with Crippen molar-refractivity contribution in [2.75, 3.05) is 0 Å². The van der Waals surface area contributed by atoms with E-state index in [0.29, 0.717) is 6.29 Å². The highest BCUT2D eigenvalue weighted by Gasteiger charge is 1.88. The maximum Gasteiger partial charge on any atom is 0.217 e. The van der Waals surface area contributed by atoms with Crippen LogP contribution in [0.15, 0.2) is 0 Å². The van der Waals surface area contributed by atoms with E-state index in [4.69, 9.17) is 0 Å². The Balaban J connectivity index is 0. The second-order valence-electron chi connectivity index (χ2n) is 1.17. The second-order valence-corrected chi connectivity index (χ2v) is 1.17. The van der Waals surface area contributed by atoms with E-state index in [1.165, 1.54) is 0 Å². The number of primary amides is 1. The number of rotatable bonds is 3. The Labute approximate surface area is 43.0 Å². The number of hydrogen-bond donors (Lipinski definition) is 1. The zero-order valence-corrected chi connectivity index (χ0v) is 3.89. The second kappa shape index (κ2) is 3.33. The SMILES string of the molecule is NC(=O)CCC=O.[HH]. The highest BCUT2D eigenvalue weighted by Crippen LogP contribution is 1.78. The van der Waals surface area contributed by atoms with Crippen molar-refractivity contribution in [3.63, 3.8) is 0 Å². The van der Waals surface area contributed by atoms with Crippen molar-refractivity contribution in [1.82, 2.24) is 0 Å². The van der Waals surface area contributed by atoms with Gasteiger partial charge in [0.15, 0.2) is 0 Å². The van der Waals surface area contributed by atoms with Crippen LogP contribution < -0.4 is 5.73 Å². The Morgan fingerprint density at radius 2 is 2.43 bits per heavy atom. The van der Waals surface area contributed by atoms with Gasteiger partial charge in [0, 0.05) is 14.3 Å². The van der Waals surface area contributed by atoms with Crippen LogP contribution in [0.4, 0.5) is 0 Å². The molecule has 2 N–H and O–H groups in total. The van der Waals surface area contributed by atoms with Crippen molar-refractivity contribution in [2.24, 2.45) is 5.73 Å². The van der Waals surface area contributed by atoms with Gasteiger partial charge in [-0.15, -0.1) is 0 Å². The van der Waals surface area contributed by atoms with Gasteiger partial charge in [-0.1, -0.05) is 0 Å². The molecule has 0 aromatic heterocycles. The Bertz CT molecular complexity index is 84.1. The summed E-state index contributed by atoms with van der Waals surface area (Å²) in [6, 6.07) is 0. The quantitative estimate of drug-likeness (QED) is 0.498. The van der Waals surface area contributed by atoms with E-state index in [1.807, 2.05) is 0 Å². The van der Waals surface area contributed by atoms with Gasteiger partial charge in [-0.25, -0.2) is 0 Å². The minimum atomic E-state index is -0.424. The van der Waals surface area contributed by atoms with Crippen LogP contribution >= 0.6 is 0 Å². The van der Waals surface area contributed by atoms with Crippen molar-refractivity contribution in [1.29, 1.82) is 0 Å². The Kier molecular flexibility index (Phi) is 2.92. The predicted octanol–water partition coefficient (Wildman–Crippen LogP) is -0.303. The molecule has 0 aliphatic heterocycles. The zero-order valence-electron chi connectivity index (χ0n) is 3.89. The van der Waals surface area contributed by atoms with Gasteiger partial charge >= 0.3 is 0 Å². The summed E-state index contributed by atoms with van der Waals surface area (Å²) in [7, 11) is 0. The summed E-state index contributed by atoms with van der Waals surface area (Å²) >= 11 is 0. The fourth-order valence-corrected chi connectivity index (χ4v) is 0.201. The molecule has 0 radical (unpaired) electrons. The van der Waals surface area contributed by atoms with E-state index >= 15 is 0 Å². The maximum absolute atomic E-state index is 9.82. The van der Waals surface area contributed by atoms with E-state index in [1.54, 1.807) is 0 Å². The summed E-state index contributed by atoms with van der Waals surface area (Å²) in [4.78, 5) is 19.3. The summed E-state index contributed by atoms with van der Waals surface area (Å²) in [5.74, 6) is -0.424. The van der Waals surface area contributed by atoms with E-state index < -0.39 is 5.91 Å². The Morgan fingerprint density at radius 1 is 1.86 bits per heavy atom. The summed E-state index contributed by atoms with van der Waals surface area (Å²) in [5, 5.41) is 0. The lowest BCUT2D eigenvalue weighted by Gasteiger charge is -1.81. The van der Waals surface area contributed by atoms with Crippen LogP contribution in [0.5, 0.6) is 0 Å². The molecule has 0 saturated carbocycles. The van der Waals surface area contributed by atoms with Gasteiger partial charge < -0.3 is 10.5 Å². The molecule has 3 nitrogen and oxygen atoms in total. The minimum Gasteiger partial charge on any atom is -0.370 e. The lowest BCUT2D eigenvalue weighted by molar-refractivity contribution is -0.119. The highest BCUT2D eigenvalue weighted by molar-refractivity contribution is 5.76. The first-order valence-electron chi connectivity index (χ1n) is 1.99. The number of amides is 1. The van der Waals surface area contributed by atoms with Crippen molar-refractivity contribution >= 4 is 12.2 Å². The number of carbonyl (C=O) groups excluding carboxylic acids is 2. The molecule has 0 atom stereocenters. The van der Waals surface area contributed by atoms with Gasteiger partial charge in [0.25, 0.3) is 0 Å². The molecule has 0 aliphatic rings. The van der Waals surface area contributed by atoms with E-state index in [0.717, 1.165) is 0 Å². The highest BCUT2D eigenvalue weighted by atomic mass is 16.1. The van der Waals surface area contributed by atoms with Gasteiger partial charge in [0.1, 0.15) is 6.29 Å². The van der Waals surface area contributed by atoms with Crippen LogP contribution in [0.25, 0.3) is 0 Å². The lowest BCUT2D eigenvalue weighted by atomic mass is 10.3. The molecule has 0 fully saturated rings. The molecule has 0 aliphatic carbocycles.